The van der Waals surface area contributed by atoms with Crippen LogP contribution in [-0.2, 0) is 10.4 Å². The van der Waals surface area contributed by atoms with Gasteiger partial charge in [0.25, 0.3) is 0 Å². The molecule has 0 amide bonds. The van der Waals surface area contributed by atoms with E-state index in [1.807, 2.05) is 6.07 Å². The van der Waals surface area contributed by atoms with E-state index in [0.717, 1.165) is 0 Å². The van der Waals surface area contributed by atoms with Gasteiger partial charge in [-0.15, -0.1) is 0 Å². The normalized spacial score (nSPS) is 13.6. The lowest BCUT2D eigenvalue weighted by molar-refractivity contribution is -0.131. The van der Waals surface area contributed by atoms with Crippen LogP contribution < -0.4 is 4.74 Å². The van der Waals surface area contributed by atoms with Crippen molar-refractivity contribution in [3.63, 3.8) is 0 Å². The maximum atomic E-state index is 11.9. The molecule has 1 N–H and O–H groups in total. The van der Waals surface area contributed by atoms with E-state index in [2.05, 4.69) is 0 Å². The summed E-state index contributed by atoms with van der Waals surface area (Å²) in [6, 6.07) is 15.8. The van der Waals surface area contributed by atoms with Crippen LogP contribution in [0.25, 0.3) is 0 Å². The molecule has 0 aliphatic carbocycles. The summed E-state index contributed by atoms with van der Waals surface area (Å²) in [5.74, 6) is 0.367. The minimum absolute atomic E-state index is 0.316. The Kier molecular flexibility index (Phi) is 3.67. The Balaban J connectivity index is 2.53. The van der Waals surface area contributed by atoms with Crippen LogP contribution >= 0.6 is 0 Å². The van der Waals surface area contributed by atoms with Crippen LogP contribution in [0.3, 0.4) is 0 Å². The molecule has 1 atom stereocenters. The zero-order chi connectivity index (χ0) is 13.9. The molecular formula is C16H16O3. The fraction of sp³-hybridized carbons (Fsp3) is 0.188. The number of carbonyl (C=O) groups is 1. The number of hydrogen-bond donors (Lipinski definition) is 1. The van der Waals surface area contributed by atoms with Crippen molar-refractivity contribution in [2.24, 2.45) is 0 Å². The van der Waals surface area contributed by atoms with Crippen molar-refractivity contribution in [3.05, 3.63) is 65.7 Å². The Hall–Kier alpha value is -2.13. The van der Waals surface area contributed by atoms with Gasteiger partial charge in [0.05, 0.1) is 7.11 Å². The summed E-state index contributed by atoms with van der Waals surface area (Å²) in [5, 5.41) is 10.8. The third kappa shape index (κ3) is 2.37. The van der Waals surface area contributed by atoms with E-state index in [-0.39, 0.29) is 5.78 Å². The van der Waals surface area contributed by atoms with Crippen LogP contribution in [-0.4, -0.2) is 18.0 Å². The van der Waals surface area contributed by atoms with Crippen molar-refractivity contribution >= 4 is 5.78 Å². The number of hydrogen-bond acceptors (Lipinski definition) is 3. The van der Waals surface area contributed by atoms with Crippen molar-refractivity contribution < 1.29 is 14.6 Å². The van der Waals surface area contributed by atoms with E-state index in [0.29, 0.717) is 16.9 Å². The highest BCUT2D eigenvalue weighted by Gasteiger charge is 2.36. The Morgan fingerprint density at radius 3 is 2.00 bits per heavy atom. The summed E-state index contributed by atoms with van der Waals surface area (Å²) >= 11 is 0. The van der Waals surface area contributed by atoms with Gasteiger partial charge < -0.3 is 9.84 Å². The maximum Gasteiger partial charge on any atom is 0.173 e. The quantitative estimate of drug-likeness (QED) is 0.914. The smallest absolute Gasteiger partial charge is 0.173 e. The molecule has 98 valence electrons. The maximum absolute atomic E-state index is 11.9. The first-order valence-corrected chi connectivity index (χ1v) is 6.02. The standard InChI is InChI=1S/C16H16O3/c1-12(17)16(18,13-6-4-3-5-7-13)14-8-10-15(19-2)11-9-14/h3-11,18H,1-2H3. The first-order valence-electron chi connectivity index (χ1n) is 6.02. The van der Waals surface area contributed by atoms with Crippen molar-refractivity contribution in [2.45, 2.75) is 12.5 Å². The monoisotopic (exact) mass is 256 g/mol. The first kappa shape index (κ1) is 13.3. The molecule has 1 unspecified atom stereocenters. The van der Waals surface area contributed by atoms with E-state index in [9.17, 15) is 9.90 Å². The van der Waals surface area contributed by atoms with E-state index in [1.54, 1.807) is 55.6 Å². The van der Waals surface area contributed by atoms with Gasteiger partial charge in [-0.1, -0.05) is 42.5 Å². The van der Waals surface area contributed by atoms with Gasteiger partial charge in [-0.05, 0) is 30.2 Å². The summed E-state index contributed by atoms with van der Waals surface area (Å²) in [6.45, 7) is 1.39. The zero-order valence-corrected chi connectivity index (χ0v) is 11.0. The predicted octanol–water partition coefficient (Wildman–Crippen LogP) is 2.52. The highest BCUT2D eigenvalue weighted by atomic mass is 16.5. The van der Waals surface area contributed by atoms with E-state index in [1.165, 1.54) is 6.92 Å². The molecule has 19 heavy (non-hydrogen) atoms. The molecule has 0 aromatic heterocycles. The van der Waals surface area contributed by atoms with Gasteiger partial charge in [0.1, 0.15) is 5.75 Å². The number of aliphatic hydroxyl groups is 1. The predicted molar refractivity (Wildman–Crippen MR) is 73.1 cm³/mol. The molecular weight excluding hydrogens is 240 g/mol. The lowest BCUT2D eigenvalue weighted by atomic mass is 9.83. The number of benzene rings is 2. The SMILES string of the molecule is COc1ccc(C(O)(C(C)=O)c2ccccc2)cc1. The van der Waals surface area contributed by atoms with Crippen LogP contribution in [0, 0.1) is 0 Å². The molecule has 2 rings (SSSR count). The third-order valence-corrected chi connectivity index (χ3v) is 3.21. The highest BCUT2D eigenvalue weighted by Crippen LogP contribution is 2.31. The molecule has 0 saturated carbocycles. The topological polar surface area (TPSA) is 46.5 Å². The molecule has 0 heterocycles. The number of carbonyl (C=O) groups excluding carboxylic acids is 1. The van der Waals surface area contributed by atoms with Crippen molar-refractivity contribution in [1.29, 1.82) is 0 Å². The molecule has 2 aromatic rings. The molecule has 0 spiro atoms. The minimum atomic E-state index is -1.62. The molecule has 0 saturated heterocycles. The van der Waals surface area contributed by atoms with Crippen LogP contribution in [0.2, 0.25) is 0 Å². The van der Waals surface area contributed by atoms with Gasteiger partial charge in [0.15, 0.2) is 11.4 Å². The first-order chi connectivity index (χ1) is 9.09. The summed E-state index contributed by atoms with van der Waals surface area (Å²) in [5.41, 5.74) is -0.521. The van der Waals surface area contributed by atoms with Crippen molar-refractivity contribution in [1.82, 2.24) is 0 Å². The number of ketones is 1. The third-order valence-electron chi connectivity index (χ3n) is 3.21. The molecule has 0 aliphatic heterocycles. The van der Waals surface area contributed by atoms with Gasteiger partial charge in [-0.3, -0.25) is 4.79 Å². The number of methoxy groups -OCH3 is 1. The fourth-order valence-corrected chi connectivity index (χ4v) is 2.08. The van der Waals surface area contributed by atoms with Crippen LogP contribution in [0.4, 0.5) is 0 Å². The molecule has 0 radical (unpaired) electrons. The fourth-order valence-electron chi connectivity index (χ4n) is 2.08. The van der Waals surface area contributed by atoms with Crippen LogP contribution in [0.1, 0.15) is 18.1 Å². The Morgan fingerprint density at radius 2 is 1.53 bits per heavy atom. The van der Waals surface area contributed by atoms with Gasteiger partial charge in [-0.25, -0.2) is 0 Å². The highest BCUT2D eigenvalue weighted by molar-refractivity contribution is 5.89. The van der Waals surface area contributed by atoms with Crippen molar-refractivity contribution in [3.8, 4) is 5.75 Å². The van der Waals surface area contributed by atoms with Crippen LogP contribution in [0.5, 0.6) is 5.75 Å². The molecule has 0 bridgehead atoms. The van der Waals surface area contributed by atoms with Gasteiger partial charge in [0.2, 0.25) is 0 Å². The van der Waals surface area contributed by atoms with Gasteiger partial charge in [-0.2, -0.15) is 0 Å². The lowest BCUT2D eigenvalue weighted by Gasteiger charge is -2.26. The molecule has 3 heteroatoms. The average molecular weight is 256 g/mol. The summed E-state index contributed by atoms with van der Waals surface area (Å²) in [6.07, 6.45) is 0. The molecule has 0 aliphatic rings. The second-order valence-corrected chi connectivity index (χ2v) is 4.36. The average Bonchev–Trinajstić information content (AvgIpc) is 2.47. The Bertz CT molecular complexity index is 560. The summed E-state index contributed by atoms with van der Waals surface area (Å²) in [4.78, 5) is 11.9. The van der Waals surface area contributed by atoms with Crippen LogP contribution in [0.15, 0.2) is 54.6 Å². The Labute approximate surface area is 112 Å². The number of rotatable bonds is 4. The number of Topliss-reactive ketones (excluding diaryl/α,β-unsaturated/α-hetero) is 1. The van der Waals surface area contributed by atoms with E-state index >= 15 is 0 Å². The largest absolute Gasteiger partial charge is 0.497 e. The van der Waals surface area contributed by atoms with Gasteiger partial charge >= 0.3 is 0 Å². The Morgan fingerprint density at radius 1 is 1.00 bits per heavy atom. The number of ether oxygens (including phenoxy) is 1. The zero-order valence-electron chi connectivity index (χ0n) is 11.0. The van der Waals surface area contributed by atoms with Crippen molar-refractivity contribution in [2.75, 3.05) is 7.11 Å². The molecule has 0 fully saturated rings. The minimum Gasteiger partial charge on any atom is -0.497 e. The lowest BCUT2D eigenvalue weighted by Crippen LogP contribution is -2.35. The summed E-state index contributed by atoms with van der Waals surface area (Å²) < 4.78 is 5.08. The summed E-state index contributed by atoms with van der Waals surface area (Å²) in [7, 11) is 1.57. The van der Waals surface area contributed by atoms with Gasteiger partial charge in [0, 0.05) is 0 Å². The molecule has 2 aromatic carbocycles. The van der Waals surface area contributed by atoms with E-state index < -0.39 is 5.60 Å². The second-order valence-electron chi connectivity index (χ2n) is 4.36. The van der Waals surface area contributed by atoms with E-state index in [4.69, 9.17) is 4.74 Å². The molecule has 3 nitrogen and oxygen atoms in total. The second kappa shape index (κ2) is 5.24.